The van der Waals surface area contributed by atoms with Gasteiger partial charge in [-0.3, -0.25) is 9.79 Å². The summed E-state index contributed by atoms with van der Waals surface area (Å²) in [5.41, 5.74) is 1.30. The number of nitrogens with zero attached hydrogens (tertiary/aromatic N) is 1. The number of amidine groups is 1. The zero-order valence-corrected chi connectivity index (χ0v) is 13.5. The third kappa shape index (κ3) is 5.42. The van der Waals surface area contributed by atoms with Gasteiger partial charge in [0.05, 0.1) is 11.8 Å². The van der Waals surface area contributed by atoms with Gasteiger partial charge in [-0.2, -0.15) is 0 Å². The molecule has 1 aliphatic heterocycles. The second kappa shape index (κ2) is 8.08. The van der Waals surface area contributed by atoms with Crippen LogP contribution in [0, 0.1) is 5.92 Å². The van der Waals surface area contributed by atoms with E-state index >= 15 is 0 Å². The molecule has 0 aromatic heterocycles. The van der Waals surface area contributed by atoms with Crippen LogP contribution in [0.25, 0.3) is 0 Å². The summed E-state index contributed by atoms with van der Waals surface area (Å²) in [4.78, 5) is 16.1. The number of aliphatic imine (C=N–C) groups is 1. The molecule has 0 fully saturated rings. The zero-order chi connectivity index (χ0) is 15.1. The number of nitrogens with one attached hydrogen (secondary N) is 2. The Hall–Kier alpha value is -1.49. The molecular weight excluding hydrogens is 282 g/mol. The van der Waals surface area contributed by atoms with Gasteiger partial charge < -0.3 is 10.6 Å². The second-order valence-corrected chi connectivity index (χ2v) is 6.73. The quantitative estimate of drug-likeness (QED) is 0.849. The lowest BCUT2D eigenvalue weighted by Crippen LogP contribution is -2.31. The summed E-state index contributed by atoms with van der Waals surface area (Å²) in [5.74, 6) is 0.586. The molecular formula is C16H23N3OS. The molecule has 0 bridgehead atoms. The van der Waals surface area contributed by atoms with Gasteiger partial charge in [0.15, 0.2) is 5.17 Å². The molecule has 0 saturated carbocycles. The van der Waals surface area contributed by atoms with Gasteiger partial charge in [-0.1, -0.05) is 55.9 Å². The molecule has 0 saturated heterocycles. The van der Waals surface area contributed by atoms with Crippen molar-refractivity contribution in [2.75, 3.05) is 19.6 Å². The van der Waals surface area contributed by atoms with Crippen LogP contribution in [0.5, 0.6) is 0 Å². The molecule has 114 valence electrons. The van der Waals surface area contributed by atoms with Gasteiger partial charge in [0.25, 0.3) is 0 Å². The first-order valence-electron chi connectivity index (χ1n) is 7.42. The zero-order valence-electron chi connectivity index (χ0n) is 12.6. The van der Waals surface area contributed by atoms with Crippen LogP contribution in [0.2, 0.25) is 0 Å². The fraction of sp³-hybridized carbons (Fsp3) is 0.500. The van der Waals surface area contributed by atoms with Gasteiger partial charge >= 0.3 is 0 Å². The molecule has 2 rings (SSSR count). The molecule has 0 radical (unpaired) electrons. The minimum atomic E-state index is 0.0967. The first-order chi connectivity index (χ1) is 10.1. The summed E-state index contributed by atoms with van der Waals surface area (Å²) in [6, 6.07) is 10.4. The Morgan fingerprint density at radius 3 is 2.86 bits per heavy atom. The number of benzene rings is 1. The molecule has 1 amide bonds. The van der Waals surface area contributed by atoms with Crippen molar-refractivity contribution in [2.24, 2.45) is 10.9 Å². The summed E-state index contributed by atoms with van der Waals surface area (Å²) in [6.45, 7) is 6.36. The fourth-order valence-corrected chi connectivity index (χ4v) is 3.05. The average molecular weight is 305 g/mol. The van der Waals surface area contributed by atoms with E-state index in [4.69, 9.17) is 0 Å². The number of hydrogen-bond acceptors (Lipinski definition) is 4. The third-order valence-corrected chi connectivity index (χ3v) is 4.36. The summed E-state index contributed by atoms with van der Waals surface area (Å²) in [5, 5.41) is 7.51. The summed E-state index contributed by atoms with van der Waals surface area (Å²) in [7, 11) is 0. The fourth-order valence-electron chi connectivity index (χ4n) is 2.00. The molecule has 0 aliphatic carbocycles. The van der Waals surface area contributed by atoms with Crippen LogP contribution < -0.4 is 10.6 Å². The molecule has 1 aromatic carbocycles. The van der Waals surface area contributed by atoms with Crippen LogP contribution >= 0.6 is 11.8 Å². The van der Waals surface area contributed by atoms with Crippen molar-refractivity contribution in [3.8, 4) is 0 Å². The normalized spacial score (nSPS) is 17.7. The molecule has 1 aromatic rings. The molecule has 0 spiro atoms. The molecule has 1 aliphatic rings. The summed E-state index contributed by atoms with van der Waals surface area (Å²) in [6.07, 6.45) is 0.488. The van der Waals surface area contributed by atoms with E-state index in [-0.39, 0.29) is 5.91 Å². The standard InChI is InChI=1S/C16H23N3OS/c1-12(2)10-18-15(20)8-9-17-16-19-11-14(21-16)13-6-4-3-5-7-13/h3-7,12,14H,8-11H2,1-2H3,(H,17,19)(H,18,20). The Bertz CT molecular complexity index is 488. The largest absolute Gasteiger partial charge is 0.364 e. The monoisotopic (exact) mass is 305 g/mol. The van der Waals surface area contributed by atoms with Crippen LogP contribution in [0.4, 0.5) is 0 Å². The molecule has 1 unspecified atom stereocenters. The van der Waals surface area contributed by atoms with Crippen molar-refractivity contribution in [3.05, 3.63) is 35.9 Å². The Balaban J connectivity index is 1.66. The number of amides is 1. The van der Waals surface area contributed by atoms with Crippen molar-refractivity contribution < 1.29 is 4.79 Å². The average Bonchev–Trinajstić information content (AvgIpc) is 2.95. The Morgan fingerprint density at radius 2 is 2.14 bits per heavy atom. The number of carbonyl (C=O) groups excluding carboxylic acids is 1. The molecule has 2 N–H and O–H groups in total. The Kier molecular flexibility index (Phi) is 6.11. The SMILES string of the molecule is CC(C)CNC(=O)CCNC1=NCC(c2ccccc2)S1. The molecule has 21 heavy (non-hydrogen) atoms. The molecule has 5 heteroatoms. The highest BCUT2D eigenvalue weighted by Gasteiger charge is 2.20. The molecule has 1 atom stereocenters. The van der Waals surface area contributed by atoms with E-state index in [0.717, 1.165) is 18.3 Å². The predicted molar refractivity (Wildman–Crippen MR) is 89.5 cm³/mol. The molecule has 4 nitrogen and oxygen atoms in total. The van der Waals surface area contributed by atoms with E-state index in [2.05, 4.69) is 53.7 Å². The number of rotatable bonds is 6. The maximum atomic E-state index is 11.6. The van der Waals surface area contributed by atoms with Gasteiger partial charge in [-0.15, -0.1) is 0 Å². The van der Waals surface area contributed by atoms with Crippen molar-refractivity contribution in [1.29, 1.82) is 0 Å². The first-order valence-corrected chi connectivity index (χ1v) is 8.29. The predicted octanol–water partition coefficient (Wildman–Crippen LogP) is 2.58. The van der Waals surface area contributed by atoms with Gasteiger partial charge in [0.2, 0.25) is 5.91 Å². The third-order valence-electron chi connectivity index (χ3n) is 3.16. The van der Waals surface area contributed by atoms with E-state index in [9.17, 15) is 4.79 Å². The van der Waals surface area contributed by atoms with E-state index < -0.39 is 0 Å². The first kappa shape index (κ1) is 15.9. The minimum Gasteiger partial charge on any atom is -0.364 e. The smallest absolute Gasteiger partial charge is 0.221 e. The summed E-state index contributed by atoms with van der Waals surface area (Å²) < 4.78 is 0. The topological polar surface area (TPSA) is 53.5 Å². The molecule has 1 heterocycles. The van der Waals surface area contributed by atoms with Crippen LogP contribution in [-0.2, 0) is 4.79 Å². The lowest BCUT2D eigenvalue weighted by Gasteiger charge is -2.10. The van der Waals surface area contributed by atoms with Crippen LogP contribution in [0.15, 0.2) is 35.3 Å². The highest BCUT2D eigenvalue weighted by Crippen LogP contribution is 2.33. The Labute approximate surface area is 130 Å². The van der Waals surface area contributed by atoms with Crippen LogP contribution in [-0.4, -0.2) is 30.7 Å². The number of hydrogen-bond donors (Lipinski definition) is 2. The van der Waals surface area contributed by atoms with Crippen LogP contribution in [0.1, 0.15) is 31.1 Å². The second-order valence-electron chi connectivity index (χ2n) is 5.54. The van der Waals surface area contributed by atoms with Crippen molar-refractivity contribution in [2.45, 2.75) is 25.5 Å². The Morgan fingerprint density at radius 1 is 1.38 bits per heavy atom. The van der Waals surface area contributed by atoms with Crippen molar-refractivity contribution in [1.82, 2.24) is 10.6 Å². The maximum absolute atomic E-state index is 11.6. The number of carbonyl (C=O) groups is 1. The van der Waals surface area contributed by atoms with Crippen molar-refractivity contribution in [3.63, 3.8) is 0 Å². The highest BCUT2D eigenvalue weighted by molar-refractivity contribution is 8.14. The van der Waals surface area contributed by atoms with E-state index in [1.807, 2.05) is 6.07 Å². The van der Waals surface area contributed by atoms with E-state index in [1.54, 1.807) is 11.8 Å². The van der Waals surface area contributed by atoms with E-state index in [1.165, 1.54) is 5.56 Å². The van der Waals surface area contributed by atoms with E-state index in [0.29, 0.717) is 24.1 Å². The van der Waals surface area contributed by atoms with Crippen LogP contribution in [0.3, 0.4) is 0 Å². The minimum absolute atomic E-state index is 0.0967. The highest BCUT2D eigenvalue weighted by atomic mass is 32.2. The van der Waals surface area contributed by atoms with Gasteiger partial charge in [0.1, 0.15) is 0 Å². The van der Waals surface area contributed by atoms with Gasteiger partial charge in [0, 0.05) is 19.5 Å². The maximum Gasteiger partial charge on any atom is 0.221 e. The lowest BCUT2D eigenvalue weighted by atomic mass is 10.1. The van der Waals surface area contributed by atoms with Gasteiger partial charge in [-0.05, 0) is 11.5 Å². The lowest BCUT2D eigenvalue weighted by molar-refractivity contribution is -0.121. The van der Waals surface area contributed by atoms with Crippen molar-refractivity contribution >= 4 is 22.8 Å². The summed E-state index contributed by atoms with van der Waals surface area (Å²) >= 11 is 1.74. The van der Waals surface area contributed by atoms with Gasteiger partial charge in [-0.25, -0.2) is 0 Å². The number of thioether (sulfide) groups is 1.